The molecule has 2 aromatic carbocycles. The van der Waals surface area contributed by atoms with Gasteiger partial charge < -0.3 is 9.73 Å². The van der Waals surface area contributed by atoms with Crippen LogP contribution < -0.4 is 5.32 Å². The molecule has 3 nitrogen and oxygen atoms in total. The van der Waals surface area contributed by atoms with Gasteiger partial charge in [-0.15, -0.1) is 0 Å². The lowest BCUT2D eigenvalue weighted by atomic mass is 10.1. The molecule has 1 unspecified atom stereocenters. The van der Waals surface area contributed by atoms with E-state index in [0.717, 1.165) is 22.4 Å². The van der Waals surface area contributed by atoms with Crippen molar-refractivity contribution in [3.8, 4) is 0 Å². The summed E-state index contributed by atoms with van der Waals surface area (Å²) >= 11 is 0. The normalized spacial score (nSPS) is 12.5. The highest BCUT2D eigenvalue weighted by Gasteiger charge is 2.09. The van der Waals surface area contributed by atoms with E-state index in [0.29, 0.717) is 12.3 Å². The summed E-state index contributed by atoms with van der Waals surface area (Å²) in [6.07, 6.45) is 0.628. The molecule has 1 atom stereocenters. The van der Waals surface area contributed by atoms with Crippen molar-refractivity contribution in [1.82, 2.24) is 4.98 Å². The van der Waals surface area contributed by atoms with Gasteiger partial charge >= 0.3 is 0 Å². The first-order chi connectivity index (χ1) is 10.1. The molecule has 21 heavy (non-hydrogen) atoms. The third-order valence-electron chi connectivity index (χ3n) is 3.39. The third kappa shape index (κ3) is 3.05. The first kappa shape index (κ1) is 13.6. The van der Waals surface area contributed by atoms with Gasteiger partial charge in [-0.3, -0.25) is 0 Å². The molecule has 1 N–H and O–H groups in total. The summed E-state index contributed by atoms with van der Waals surface area (Å²) in [6.45, 7) is 3.86. The summed E-state index contributed by atoms with van der Waals surface area (Å²) in [4.78, 5) is 4.31. The zero-order chi connectivity index (χ0) is 14.8. The summed E-state index contributed by atoms with van der Waals surface area (Å²) < 4.78 is 19.1. The number of hydrogen-bond donors (Lipinski definition) is 1. The van der Waals surface area contributed by atoms with Crippen molar-refractivity contribution >= 4 is 16.8 Å². The maximum atomic E-state index is 13.6. The molecule has 3 aromatic rings. The van der Waals surface area contributed by atoms with Crippen LogP contribution in [0.15, 0.2) is 46.9 Å². The molecule has 1 aromatic heterocycles. The van der Waals surface area contributed by atoms with Gasteiger partial charge in [-0.05, 0) is 43.2 Å². The minimum absolute atomic E-state index is 0.118. The number of anilines is 1. The summed E-state index contributed by atoms with van der Waals surface area (Å²) in [7, 11) is 0. The van der Waals surface area contributed by atoms with Crippen LogP contribution in [0.5, 0.6) is 0 Å². The predicted molar refractivity (Wildman–Crippen MR) is 81.9 cm³/mol. The number of aromatic nitrogens is 1. The molecular formula is C17H17FN2O. The Labute approximate surface area is 122 Å². The second kappa shape index (κ2) is 5.56. The lowest BCUT2D eigenvalue weighted by molar-refractivity contribution is 0.561. The van der Waals surface area contributed by atoms with Crippen molar-refractivity contribution in [3.05, 3.63) is 59.7 Å². The quantitative estimate of drug-likeness (QED) is 0.775. The molecule has 0 aliphatic rings. The zero-order valence-electron chi connectivity index (χ0n) is 12.1. The highest BCUT2D eigenvalue weighted by molar-refractivity contribution is 5.77. The number of halogens is 1. The monoisotopic (exact) mass is 284 g/mol. The number of nitrogens with one attached hydrogen (secondary N) is 1. The number of oxazole rings is 1. The molecule has 108 valence electrons. The predicted octanol–water partition coefficient (Wildman–Crippen LogP) is 4.32. The molecule has 0 fully saturated rings. The Kier molecular flexibility index (Phi) is 3.60. The van der Waals surface area contributed by atoms with E-state index in [9.17, 15) is 4.39 Å². The van der Waals surface area contributed by atoms with Gasteiger partial charge in [0.15, 0.2) is 11.5 Å². The molecule has 0 spiro atoms. The fourth-order valence-corrected chi connectivity index (χ4v) is 2.46. The van der Waals surface area contributed by atoms with E-state index in [1.54, 1.807) is 6.07 Å². The molecule has 0 aliphatic heterocycles. The van der Waals surface area contributed by atoms with Gasteiger partial charge in [0.2, 0.25) is 0 Å². The highest BCUT2D eigenvalue weighted by atomic mass is 19.1. The van der Waals surface area contributed by atoms with E-state index in [1.807, 2.05) is 44.2 Å². The fraction of sp³-hybridized carbons (Fsp3) is 0.235. The number of fused-ring (bicyclic) bond motifs is 1. The van der Waals surface area contributed by atoms with Gasteiger partial charge in [-0.2, -0.15) is 0 Å². The Hall–Kier alpha value is -2.36. The Balaban J connectivity index is 1.73. The average molecular weight is 284 g/mol. The largest absolute Gasteiger partial charge is 0.441 e. The van der Waals surface area contributed by atoms with Crippen molar-refractivity contribution in [2.75, 3.05) is 5.32 Å². The maximum absolute atomic E-state index is 13.6. The molecule has 4 heteroatoms. The van der Waals surface area contributed by atoms with Crippen molar-refractivity contribution in [2.45, 2.75) is 26.3 Å². The fourth-order valence-electron chi connectivity index (χ4n) is 2.46. The first-order valence-corrected chi connectivity index (χ1v) is 6.99. The smallest absolute Gasteiger partial charge is 0.192 e. The Morgan fingerprint density at radius 1 is 1.24 bits per heavy atom. The van der Waals surface area contributed by atoms with Crippen LogP contribution in [0, 0.1) is 12.7 Å². The van der Waals surface area contributed by atoms with Crippen LogP contribution in [0.2, 0.25) is 0 Å². The summed E-state index contributed by atoms with van der Waals surface area (Å²) in [5, 5.41) is 3.37. The zero-order valence-corrected chi connectivity index (χ0v) is 12.1. The van der Waals surface area contributed by atoms with Gasteiger partial charge in [0.25, 0.3) is 0 Å². The van der Waals surface area contributed by atoms with Crippen molar-refractivity contribution in [2.24, 2.45) is 0 Å². The molecule has 0 bridgehead atoms. The molecule has 0 radical (unpaired) electrons. The summed E-state index contributed by atoms with van der Waals surface area (Å²) in [6, 6.07) is 12.8. The standard InChI is InChI=1S/C17H17FN2O/c1-11(9-13-5-3-4-6-15(13)18)19-14-7-8-17-16(10-14)20-12(2)21-17/h3-8,10-11,19H,9H2,1-2H3. The van der Waals surface area contributed by atoms with E-state index >= 15 is 0 Å². The lowest BCUT2D eigenvalue weighted by Gasteiger charge is -2.15. The van der Waals surface area contributed by atoms with Gasteiger partial charge in [-0.1, -0.05) is 18.2 Å². The molecule has 0 saturated carbocycles. The van der Waals surface area contributed by atoms with Gasteiger partial charge in [-0.25, -0.2) is 9.37 Å². The van der Waals surface area contributed by atoms with Crippen molar-refractivity contribution in [3.63, 3.8) is 0 Å². The van der Waals surface area contributed by atoms with Crippen molar-refractivity contribution < 1.29 is 8.81 Å². The second-order valence-corrected chi connectivity index (χ2v) is 5.26. The van der Waals surface area contributed by atoms with Crippen LogP contribution in [0.25, 0.3) is 11.1 Å². The third-order valence-corrected chi connectivity index (χ3v) is 3.39. The minimum Gasteiger partial charge on any atom is -0.441 e. The van der Waals surface area contributed by atoms with Crippen LogP contribution in [0.1, 0.15) is 18.4 Å². The first-order valence-electron chi connectivity index (χ1n) is 6.99. The van der Waals surface area contributed by atoms with Crippen molar-refractivity contribution in [1.29, 1.82) is 0 Å². The number of hydrogen-bond acceptors (Lipinski definition) is 3. The van der Waals surface area contributed by atoms with E-state index < -0.39 is 0 Å². The van der Waals surface area contributed by atoms with Crippen LogP contribution >= 0.6 is 0 Å². The second-order valence-electron chi connectivity index (χ2n) is 5.26. The molecule has 3 rings (SSSR count). The number of aryl methyl sites for hydroxylation is 1. The topological polar surface area (TPSA) is 38.1 Å². The lowest BCUT2D eigenvalue weighted by Crippen LogP contribution is -2.18. The van der Waals surface area contributed by atoms with E-state index in [-0.39, 0.29) is 11.9 Å². The SMILES string of the molecule is Cc1nc2cc(NC(C)Cc3ccccc3F)ccc2o1. The van der Waals surface area contributed by atoms with E-state index in [1.165, 1.54) is 6.07 Å². The van der Waals surface area contributed by atoms with Crippen LogP contribution in [-0.4, -0.2) is 11.0 Å². The van der Waals surface area contributed by atoms with E-state index in [4.69, 9.17) is 4.42 Å². The molecule has 0 saturated heterocycles. The maximum Gasteiger partial charge on any atom is 0.192 e. The number of benzene rings is 2. The molecule has 0 amide bonds. The average Bonchev–Trinajstić information content (AvgIpc) is 2.80. The van der Waals surface area contributed by atoms with Gasteiger partial charge in [0.05, 0.1) is 0 Å². The number of nitrogens with zero attached hydrogens (tertiary/aromatic N) is 1. The summed E-state index contributed by atoms with van der Waals surface area (Å²) in [5.74, 6) is 0.496. The molecule has 1 heterocycles. The Morgan fingerprint density at radius 2 is 2.05 bits per heavy atom. The van der Waals surface area contributed by atoms with Gasteiger partial charge in [0, 0.05) is 18.7 Å². The van der Waals surface area contributed by atoms with Crippen LogP contribution in [-0.2, 0) is 6.42 Å². The Morgan fingerprint density at radius 3 is 2.86 bits per heavy atom. The van der Waals surface area contributed by atoms with E-state index in [2.05, 4.69) is 10.3 Å². The van der Waals surface area contributed by atoms with Gasteiger partial charge in [0.1, 0.15) is 11.3 Å². The van der Waals surface area contributed by atoms with Crippen LogP contribution in [0.3, 0.4) is 0 Å². The Bertz CT molecular complexity index is 766. The molecular weight excluding hydrogens is 267 g/mol. The molecule has 0 aliphatic carbocycles. The van der Waals surface area contributed by atoms with Crippen LogP contribution in [0.4, 0.5) is 10.1 Å². The summed E-state index contributed by atoms with van der Waals surface area (Å²) in [5.41, 5.74) is 3.28. The number of rotatable bonds is 4. The highest BCUT2D eigenvalue weighted by Crippen LogP contribution is 2.21. The minimum atomic E-state index is -0.159.